The van der Waals surface area contributed by atoms with E-state index in [-0.39, 0.29) is 0 Å². The smallest absolute Gasteiger partial charge is 0.141 e. The Balaban J connectivity index is 1.56. The quantitative estimate of drug-likeness (QED) is 0.461. The summed E-state index contributed by atoms with van der Waals surface area (Å²) in [6.45, 7) is 5.14. The second-order valence-corrected chi connectivity index (χ2v) is 5.83. The zero-order chi connectivity index (χ0) is 18.2. The molecule has 0 spiro atoms. The molecule has 134 valence electrons. The molecule has 3 rings (SSSR count). The third-order valence-electron chi connectivity index (χ3n) is 3.78. The second kappa shape index (κ2) is 8.80. The van der Waals surface area contributed by atoms with E-state index in [1.165, 1.54) is 28.5 Å². The van der Waals surface area contributed by atoms with Crippen molar-refractivity contribution in [2.24, 2.45) is 5.10 Å². The fraction of sp³-hybridized carbons (Fsp3) is 0.250. The molecule has 26 heavy (non-hydrogen) atoms. The first-order valence-corrected chi connectivity index (χ1v) is 8.59. The van der Waals surface area contributed by atoms with E-state index >= 15 is 0 Å². The van der Waals surface area contributed by atoms with Crippen LogP contribution in [0.1, 0.15) is 23.6 Å². The van der Waals surface area contributed by atoms with E-state index in [9.17, 15) is 0 Å². The van der Waals surface area contributed by atoms with E-state index < -0.39 is 0 Å². The highest BCUT2D eigenvalue weighted by atomic mass is 16.5. The Morgan fingerprint density at radius 3 is 2.62 bits per heavy atom. The van der Waals surface area contributed by atoms with Crippen LogP contribution >= 0.6 is 0 Å². The molecule has 0 aliphatic heterocycles. The molecule has 0 aliphatic carbocycles. The average molecular weight is 350 g/mol. The third-order valence-corrected chi connectivity index (χ3v) is 3.78. The second-order valence-electron chi connectivity index (χ2n) is 5.83. The topological polar surface area (TPSA) is 61.5 Å². The van der Waals surface area contributed by atoms with Gasteiger partial charge < -0.3 is 9.47 Å². The average Bonchev–Trinajstić information content (AvgIpc) is 3.17. The summed E-state index contributed by atoms with van der Waals surface area (Å²) in [6, 6.07) is 14.0. The number of hydrogen-bond donors (Lipinski definition) is 0. The van der Waals surface area contributed by atoms with Gasteiger partial charge in [-0.3, -0.25) is 0 Å². The van der Waals surface area contributed by atoms with Crippen molar-refractivity contribution in [1.82, 2.24) is 14.9 Å². The monoisotopic (exact) mass is 350 g/mol. The highest BCUT2D eigenvalue weighted by molar-refractivity contribution is 5.83. The third kappa shape index (κ3) is 4.92. The molecule has 1 heterocycles. The summed E-state index contributed by atoms with van der Waals surface area (Å²) in [5.74, 6) is 1.64. The van der Waals surface area contributed by atoms with Gasteiger partial charge in [-0.2, -0.15) is 5.10 Å². The first kappa shape index (κ1) is 17.7. The zero-order valence-corrected chi connectivity index (χ0v) is 15.0. The van der Waals surface area contributed by atoms with Crippen LogP contribution in [0.2, 0.25) is 0 Å². The summed E-state index contributed by atoms with van der Waals surface area (Å²) in [5.41, 5.74) is 3.36. The minimum absolute atomic E-state index is 0.451. The van der Waals surface area contributed by atoms with Gasteiger partial charge in [0.1, 0.15) is 37.4 Å². The van der Waals surface area contributed by atoms with Gasteiger partial charge in [-0.05, 0) is 48.7 Å². The summed E-state index contributed by atoms with van der Waals surface area (Å²) >= 11 is 0. The number of ether oxygens (including phenoxy) is 2. The Morgan fingerprint density at radius 1 is 1.04 bits per heavy atom. The van der Waals surface area contributed by atoms with Gasteiger partial charge in [0, 0.05) is 5.56 Å². The number of aryl methyl sites for hydroxylation is 2. The summed E-state index contributed by atoms with van der Waals surface area (Å²) in [7, 11) is 0. The van der Waals surface area contributed by atoms with Crippen molar-refractivity contribution in [1.29, 1.82) is 0 Å². The molecule has 6 heteroatoms. The largest absolute Gasteiger partial charge is 0.490 e. The molecular formula is C20H22N4O2. The van der Waals surface area contributed by atoms with Crippen LogP contribution in [0.25, 0.3) is 0 Å². The van der Waals surface area contributed by atoms with E-state index in [2.05, 4.69) is 41.3 Å². The van der Waals surface area contributed by atoms with Crippen molar-refractivity contribution in [2.45, 2.75) is 20.3 Å². The lowest BCUT2D eigenvalue weighted by Gasteiger charge is -2.11. The lowest BCUT2D eigenvalue weighted by molar-refractivity contribution is 0.217. The van der Waals surface area contributed by atoms with Crippen LogP contribution in [0.3, 0.4) is 0 Å². The number of aromatic nitrogens is 3. The zero-order valence-electron chi connectivity index (χ0n) is 15.0. The van der Waals surface area contributed by atoms with Gasteiger partial charge in [0.2, 0.25) is 0 Å². The molecule has 2 aromatic carbocycles. The van der Waals surface area contributed by atoms with Crippen molar-refractivity contribution in [3.8, 4) is 11.5 Å². The molecule has 0 aliphatic rings. The van der Waals surface area contributed by atoms with Gasteiger partial charge in [-0.25, -0.2) is 4.68 Å². The normalized spacial score (nSPS) is 11.0. The lowest BCUT2D eigenvalue weighted by atomic mass is 10.1. The van der Waals surface area contributed by atoms with Gasteiger partial charge in [0.05, 0.1) is 6.21 Å². The van der Waals surface area contributed by atoms with Crippen LogP contribution < -0.4 is 9.47 Å². The van der Waals surface area contributed by atoms with E-state index in [1.807, 2.05) is 30.3 Å². The van der Waals surface area contributed by atoms with E-state index in [4.69, 9.17) is 9.47 Å². The first-order valence-electron chi connectivity index (χ1n) is 8.59. The molecule has 0 saturated carbocycles. The number of benzene rings is 2. The van der Waals surface area contributed by atoms with Gasteiger partial charge in [-0.1, -0.05) is 25.1 Å². The molecule has 0 atom stereocenters. The lowest BCUT2D eigenvalue weighted by Crippen LogP contribution is -2.10. The summed E-state index contributed by atoms with van der Waals surface area (Å²) in [6.07, 6.45) is 5.77. The molecule has 0 unspecified atom stereocenters. The van der Waals surface area contributed by atoms with Crippen LogP contribution in [-0.4, -0.2) is 34.3 Å². The van der Waals surface area contributed by atoms with Crippen molar-refractivity contribution in [3.63, 3.8) is 0 Å². The van der Waals surface area contributed by atoms with Crippen molar-refractivity contribution in [3.05, 3.63) is 71.8 Å². The van der Waals surface area contributed by atoms with E-state index in [1.54, 1.807) is 6.21 Å². The van der Waals surface area contributed by atoms with Crippen LogP contribution in [0, 0.1) is 6.92 Å². The Labute approximate surface area is 153 Å². The molecular weight excluding hydrogens is 328 g/mol. The Hall–Kier alpha value is -3.15. The fourth-order valence-corrected chi connectivity index (χ4v) is 2.53. The summed E-state index contributed by atoms with van der Waals surface area (Å²) in [4.78, 5) is 0. The predicted octanol–water partition coefficient (Wildman–Crippen LogP) is 3.49. The number of hydrogen-bond acceptors (Lipinski definition) is 5. The van der Waals surface area contributed by atoms with Crippen LogP contribution in [-0.2, 0) is 6.42 Å². The molecule has 0 amide bonds. The fourth-order valence-electron chi connectivity index (χ4n) is 2.53. The first-order chi connectivity index (χ1) is 12.7. The number of nitrogens with zero attached hydrogens (tertiary/aromatic N) is 4. The van der Waals surface area contributed by atoms with E-state index in [0.717, 1.165) is 23.5 Å². The van der Waals surface area contributed by atoms with Crippen LogP contribution in [0.15, 0.2) is 60.2 Å². The SMILES string of the molecule is CCc1cc(C)cc(OCCOc2ccccc2C=Nn2cnnc2)c1. The van der Waals surface area contributed by atoms with Crippen molar-refractivity contribution >= 4 is 6.21 Å². The molecule has 0 fully saturated rings. The standard InChI is InChI=1S/C20H22N4O2/c1-3-17-10-16(2)11-19(12-17)25-8-9-26-20-7-5-4-6-18(20)13-23-24-14-21-22-15-24/h4-7,10-15H,3,8-9H2,1-2H3. The molecule has 0 bridgehead atoms. The maximum atomic E-state index is 5.86. The van der Waals surface area contributed by atoms with E-state index in [0.29, 0.717) is 13.2 Å². The summed E-state index contributed by atoms with van der Waals surface area (Å²) in [5, 5.41) is 11.7. The van der Waals surface area contributed by atoms with Crippen LogP contribution in [0.5, 0.6) is 11.5 Å². The molecule has 6 nitrogen and oxygen atoms in total. The van der Waals surface area contributed by atoms with Crippen molar-refractivity contribution < 1.29 is 9.47 Å². The maximum absolute atomic E-state index is 5.86. The highest BCUT2D eigenvalue weighted by Crippen LogP contribution is 2.18. The highest BCUT2D eigenvalue weighted by Gasteiger charge is 2.02. The maximum Gasteiger partial charge on any atom is 0.141 e. The minimum atomic E-state index is 0.451. The van der Waals surface area contributed by atoms with Crippen LogP contribution in [0.4, 0.5) is 0 Å². The Bertz CT molecular complexity index is 860. The van der Waals surface area contributed by atoms with Gasteiger partial charge >= 0.3 is 0 Å². The van der Waals surface area contributed by atoms with Gasteiger partial charge in [0.25, 0.3) is 0 Å². The molecule has 0 saturated heterocycles. The van der Waals surface area contributed by atoms with Gasteiger partial charge in [-0.15, -0.1) is 10.2 Å². The van der Waals surface area contributed by atoms with Gasteiger partial charge in [0.15, 0.2) is 0 Å². The minimum Gasteiger partial charge on any atom is -0.490 e. The number of para-hydroxylation sites is 1. The predicted molar refractivity (Wildman–Crippen MR) is 101 cm³/mol. The molecule has 0 radical (unpaired) electrons. The Kier molecular flexibility index (Phi) is 5.98. The number of rotatable bonds is 8. The molecule has 0 N–H and O–H groups in total. The van der Waals surface area contributed by atoms with Crippen molar-refractivity contribution in [2.75, 3.05) is 13.2 Å². The molecule has 3 aromatic rings. The Morgan fingerprint density at radius 2 is 1.81 bits per heavy atom. The molecule has 1 aromatic heterocycles. The summed E-state index contributed by atoms with van der Waals surface area (Å²) < 4.78 is 13.2.